The summed E-state index contributed by atoms with van der Waals surface area (Å²) in [5.74, 6) is -0.106. The molecule has 5 heteroatoms. The molecule has 156 valence electrons. The van der Waals surface area contributed by atoms with Gasteiger partial charge in [-0.2, -0.15) is 0 Å². The van der Waals surface area contributed by atoms with Crippen LogP contribution in [-0.2, 0) is 25.7 Å². The minimum Gasteiger partial charge on any atom is -0.392 e. The number of hydrogen-bond donors (Lipinski definition) is 3. The van der Waals surface area contributed by atoms with Crippen LogP contribution in [0.1, 0.15) is 35.1 Å². The Bertz CT molecular complexity index is 787. The number of aliphatic hydroxyl groups excluding tert-OH is 2. The molecule has 0 aromatic heterocycles. The summed E-state index contributed by atoms with van der Waals surface area (Å²) in [5.41, 5.74) is 4.35. The number of fused-ring (bicyclic) bond motifs is 2. The third kappa shape index (κ3) is 4.85. The van der Waals surface area contributed by atoms with Gasteiger partial charge < -0.3 is 15.5 Å². The monoisotopic (exact) mass is 401 g/mol. The molecule has 2 aliphatic carbocycles. The second-order valence-corrected chi connectivity index (χ2v) is 8.62. The quantitative estimate of drug-likeness (QED) is 0.697. The lowest BCUT2D eigenvalue weighted by Crippen LogP contribution is -2.41. The Kier molecular flexibility index (Phi) is 6.28. The molecule has 2 aliphatic rings. The summed E-state index contributed by atoms with van der Waals surface area (Å²) >= 11 is 0. The summed E-state index contributed by atoms with van der Waals surface area (Å²) in [6.45, 7) is 0.875. The van der Waals surface area contributed by atoms with Gasteiger partial charge in [0.2, 0.25) is 0 Å². The molecule has 29 heavy (non-hydrogen) atoms. The van der Waals surface area contributed by atoms with Gasteiger partial charge in [-0.15, -0.1) is 0 Å². The maximum Gasteiger partial charge on any atom is 0.123 e. The van der Waals surface area contributed by atoms with E-state index in [2.05, 4.69) is 5.32 Å². The number of aliphatic hydroxyl groups is 2. The van der Waals surface area contributed by atoms with Crippen LogP contribution < -0.4 is 5.32 Å². The molecule has 2 aromatic rings. The van der Waals surface area contributed by atoms with E-state index in [1.807, 2.05) is 12.1 Å². The van der Waals surface area contributed by atoms with E-state index in [-0.39, 0.29) is 23.5 Å². The van der Waals surface area contributed by atoms with Crippen LogP contribution >= 0.6 is 0 Å². The first kappa shape index (κ1) is 20.5. The minimum atomic E-state index is -0.490. The van der Waals surface area contributed by atoms with E-state index in [1.165, 1.54) is 12.1 Å². The van der Waals surface area contributed by atoms with Crippen LogP contribution in [-0.4, -0.2) is 35.5 Å². The number of aryl methyl sites for hydroxylation is 2. The second-order valence-electron chi connectivity index (χ2n) is 8.62. The third-order valence-corrected chi connectivity index (χ3v) is 6.67. The van der Waals surface area contributed by atoms with E-state index >= 15 is 0 Å². The van der Waals surface area contributed by atoms with Gasteiger partial charge in [0.15, 0.2) is 0 Å². The van der Waals surface area contributed by atoms with Crippen LogP contribution in [0.2, 0.25) is 0 Å². The van der Waals surface area contributed by atoms with Crippen molar-refractivity contribution in [3.8, 4) is 0 Å². The first-order chi connectivity index (χ1) is 14.0. The van der Waals surface area contributed by atoms with Crippen molar-refractivity contribution in [2.45, 2.75) is 50.7 Å². The van der Waals surface area contributed by atoms with E-state index < -0.39 is 12.2 Å². The summed E-state index contributed by atoms with van der Waals surface area (Å²) in [6, 6.07) is 9.82. The smallest absolute Gasteiger partial charge is 0.123 e. The van der Waals surface area contributed by atoms with Crippen molar-refractivity contribution in [3.05, 3.63) is 70.3 Å². The number of benzene rings is 2. The Morgan fingerprint density at radius 3 is 1.66 bits per heavy atom. The molecule has 4 atom stereocenters. The molecule has 0 aliphatic heterocycles. The van der Waals surface area contributed by atoms with Crippen LogP contribution in [0.4, 0.5) is 8.78 Å². The van der Waals surface area contributed by atoms with Crippen LogP contribution in [0.15, 0.2) is 36.4 Å². The molecule has 0 heterocycles. The fourth-order valence-corrected chi connectivity index (χ4v) is 4.87. The van der Waals surface area contributed by atoms with Crippen LogP contribution in [0.5, 0.6) is 0 Å². The summed E-state index contributed by atoms with van der Waals surface area (Å²) < 4.78 is 26.7. The number of halogens is 2. The van der Waals surface area contributed by atoms with Gasteiger partial charge in [0.05, 0.1) is 12.2 Å². The Morgan fingerprint density at radius 1 is 0.759 bits per heavy atom. The van der Waals surface area contributed by atoms with E-state index in [0.717, 1.165) is 60.8 Å². The van der Waals surface area contributed by atoms with Crippen molar-refractivity contribution < 1.29 is 19.0 Å². The Morgan fingerprint density at radius 2 is 1.21 bits per heavy atom. The topological polar surface area (TPSA) is 52.5 Å². The molecule has 0 fully saturated rings. The van der Waals surface area contributed by atoms with Crippen molar-refractivity contribution in [2.75, 3.05) is 13.1 Å². The minimum absolute atomic E-state index is 0.147. The molecule has 0 saturated carbocycles. The van der Waals surface area contributed by atoms with Gasteiger partial charge in [-0.3, -0.25) is 0 Å². The number of rotatable bonds is 6. The molecule has 2 aromatic carbocycles. The average Bonchev–Trinajstić information content (AvgIpc) is 2.72. The lowest BCUT2D eigenvalue weighted by molar-refractivity contribution is 0.0751. The van der Waals surface area contributed by atoms with Crippen LogP contribution in [0, 0.1) is 23.5 Å². The summed E-state index contributed by atoms with van der Waals surface area (Å²) in [6.07, 6.45) is 3.81. The summed E-state index contributed by atoms with van der Waals surface area (Å²) in [5, 5.41) is 24.4. The predicted molar refractivity (Wildman–Crippen MR) is 109 cm³/mol. The highest BCUT2D eigenvalue weighted by Gasteiger charge is 2.27. The molecule has 4 rings (SSSR count). The molecular formula is C24H29F2NO2. The van der Waals surface area contributed by atoms with Gasteiger partial charge in [0.1, 0.15) is 11.6 Å². The van der Waals surface area contributed by atoms with Gasteiger partial charge in [-0.1, -0.05) is 12.1 Å². The van der Waals surface area contributed by atoms with E-state index in [4.69, 9.17) is 0 Å². The SMILES string of the molecule is OC(CNCC(O)C1CCc2cc(F)ccc2C1)C1CCc2cc(F)ccc2C1. The fourth-order valence-electron chi connectivity index (χ4n) is 4.87. The maximum atomic E-state index is 13.3. The fraction of sp³-hybridized carbons (Fsp3) is 0.500. The lowest BCUT2D eigenvalue weighted by atomic mass is 9.80. The Balaban J connectivity index is 1.24. The van der Waals surface area contributed by atoms with Gasteiger partial charge in [0, 0.05) is 13.1 Å². The van der Waals surface area contributed by atoms with Crippen molar-refractivity contribution in [1.82, 2.24) is 5.32 Å². The van der Waals surface area contributed by atoms with E-state index in [9.17, 15) is 19.0 Å². The molecule has 3 nitrogen and oxygen atoms in total. The molecule has 0 radical (unpaired) electrons. The highest BCUT2D eigenvalue weighted by molar-refractivity contribution is 5.31. The Hall–Kier alpha value is -1.82. The standard InChI is InChI=1S/C24H29F2NO2/c25-21-7-5-15-9-19(3-1-17(15)11-21)23(28)13-27-14-24(29)20-4-2-18-12-22(26)8-6-16(18)10-20/h5-8,11-12,19-20,23-24,27-29H,1-4,9-10,13-14H2. The first-order valence-corrected chi connectivity index (χ1v) is 10.6. The van der Waals surface area contributed by atoms with Crippen molar-refractivity contribution >= 4 is 0 Å². The van der Waals surface area contributed by atoms with Crippen molar-refractivity contribution in [1.29, 1.82) is 0 Å². The normalized spacial score (nSPS) is 23.2. The van der Waals surface area contributed by atoms with Crippen molar-refractivity contribution in [3.63, 3.8) is 0 Å². The molecule has 0 amide bonds. The zero-order chi connectivity index (χ0) is 20.4. The van der Waals surface area contributed by atoms with Gasteiger partial charge in [-0.05, 0) is 96.9 Å². The molecule has 0 bridgehead atoms. The third-order valence-electron chi connectivity index (χ3n) is 6.67. The zero-order valence-corrected chi connectivity index (χ0v) is 16.6. The predicted octanol–water partition coefficient (Wildman–Crippen LogP) is 3.19. The maximum absolute atomic E-state index is 13.3. The molecule has 0 spiro atoms. The Labute approximate surface area is 170 Å². The summed E-state index contributed by atoms with van der Waals surface area (Å²) in [7, 11) is 0. The molecular weight excluding hydrogens is 372 g/mol. The highest BCUT2D eigenvalue weighted by Crippen LogP contribution is 2.29. The average molecular weight is 401 g/mol. The largest absolute Gasteiger partial charge is 0.392 e. The highest BCUT2D eigenvalue weighted by atomic mass is 19.1. The molecule has 3 N–H and O–H groups in total. The van der Waals surface area contributed by atoms with Gasteiger partial charge in [0.25, 0.3) is 0 Å². The second kappa shape index (κ2) is 8.90. The number of nitrogens with one attached hydrogen (secondary N) is 1. The van der Waals surface area contributed by atoms with E-state index in [0.29, 0.717) is 13.1 Å². The molecule has 0 saturated heterocycles. The van der Waals surface area contributed by atoms with Crippen LogP contribution in [0.25, 0.3) is 0 Å². The first-order valence-electron chi connectivity index (χ1n) is 10.6. The van der Waals surface area contributed by atoms with Gasteiger partial charge >= 0.3 is 0 Å². The van der Waals surface area contributed by atoms with Crippen molar-refractivity contribution in [2.24, 2.45) is 11.8 Å². The lowest BCUT2D eigenvalue weighted by Gasteiger charge is -2.31. The molecule has 4 unspecified atom stereocenters. The van der Waals surface area contributed by atoms with Gasteiger partial charge in [-0.25, -0.2) is 8.78 Å². The van der Waals surface area contributed by atoms with E-state index in [1.54, 1.807) is 12.1 Å². The summed E-state index contributed by atoms with van der Waals surface area (Å²) in [4.78, 5) is 0. The van der Waals surface area contributed by atoms with Crippen LogP contribution in [0.3, 0.4) is 0 Å². The zero-order valence-electron chi connectivity index (χ0n) is 16.6. The number of hydrogen-bond acceptors (Lipinski definition) is 3.